The summed E-state index contributed by atoms with van der Waals surface area (Å²) in [7, 11) is 4.07. The predicted molar refractivity (Wildman–Crippen MR) is 150 cm³/mol. The number of carbonyl (C=O) groups is 1. The van der Waals surface area contributed by atoms with Crippen LogP contribution in [0.25, 0.3) is 10.8 Å². The van der Waals surface area contributed by atoms with Crippen molar-refractivity contribution in [2.75, 3.05) is 56.6 Å². The van der Waals surface area contributed by atoms with Gasteiger partial charge in [0.2, 0.25) is 0 Å². The lowest BCUT2D eigenvalue weighted by atomic mass is 10.0. The minimum Gasteiger partial charge on any atom is -0.378 e. The highest BCUT2D eigenvalue weighted by Gasteiger charge is 2.26. The summed E-state index contributed by atoms with van der Waals surface area (Å²) in [5.74, 6) is -0.276. The van der Waals surface area contributed by atoms with Crippen LogP contribution in [0.15, 0.2) is 91.0 Å². The second kappa shape index (κ2) is 11.0. The van der Waals surface area contributed by atoms with Gasteiger partial charge in [-0.05, 0) is 58.8 Å². The molecule has 0 saturated carbocycles. The normalized spacial score (nSPS) is 14.9. The Morgan fingerprint density at radius 3 is 2.24 bits per heavy atom. The molecule has 1 atom stereocenters. The predicted octanol–water partition coefficient (Wildman–Crippen LogP) is 5.34. The van der Waals surface area contributed by atoms with Gasteiger partial charge in [0.15, 0.2) is 0 Å². The van der Waals surface area contributed by atoms with E-state index in [9.17, 15) is 9.18 Å². The number of halogens is 1. The molecule has 0 aromatic heterocycles. The monoisotopic (exact) mass is 496 g/mol. The lowest BCUT2D eigenvalue weighted by molar-refractivity contribution is 0.0932. The fourth-order valence-electron chi connectivity index (χ4n) is 5.10. The molecule has 0 aliphatic carbocycles. The van der Waals surface area contributed by atoms with Gasteiger partial charge in [0.25, 0.3) is 5.91 Å². The van der Waals surface area contributed by atoms with E-state index in [1.807, 2.05) is 68.7 Å². The first-order valence-electron chi connectivity index (χ1n) is 12.8. The van der Waals surface area contributed by atoms with Crippen LogP contribution in [-0.4, -0.2) is 57.6 Å². The van der Waals surface area contributed by atoms with Crippen molar-refractivity contribution in [3.63, 3.8) is 0 Å². The Hall–Kier alpha value is -3.90. The van der Waals surface area contributed by atoms with Gasteiger partial charge in [-0.15, -0.1) is 0 Å². The van der Waals surface area contributed by atoms with E-state index in [0.29, 0.717) is 12.1 Å². The first kappa shape index (κ1) is 24.8. The molecule has 190 valence electrons. The standard InChI is InChI=1S/C31H33FN4O/c1-34(2)26-14-10-24(11-15-26)30(36-20-18-35(19-21-36)27-16-12-25(32)13-17-27)22-33-31(37)29-9-5-7-23-6-3-4-8-28(23)29/h3-17,30H,18-22H2,1-2H3,(H,33,37). The molecule has 6 heteroatoms. The van der Waals surface area contributed by atoms with E-state index in [4.69, 9.17) is 0 Å². The van der Waals surface area contributed by atoms with E-state index >= 15 is 0 Å². The summed E-state index contributed by atoms with van der Waals surface area (Å²) in [4.78, 5) is 20.1. The molecule has 0 bridgehead atoms. The molecule has 0 spiro atoms. The first-order valence-corrected chi connectivity index (χ1v) is 12.8. The molecule has 1 N–H and O–H groups in total. The van der Waals surface area contributed by atoms with Gasteiger partial charge < -0.3 is 15.1 Å². The average Bonchev–Trinajstić information content (AvgIpc) is 2.94. The Bertz CT molecular complexity index is 1340. The van der Waals surface area contributed by atoms with Crippen LogP contribution >= 0.6 is 0 Å². The molecule has 0 radical (unpaired) electrons. The molecule has 1 amide bonds. The minimum absolute atomic E-state index is 0.0468. The number of rotatable bonds is 7. The van der Waals surface area contributed by atoms with Crippen molar-refractivity contribution in [3.05, 3.63) is 108 Å². The van der Waals surface area contributed by atoms with E-state index in [2.05, 4.69) is 44.3 Å². The topological polar surface area (TPSA) is 38.8 Å². The zero-order chi connectivity index (χ0) is 25.8. The van der Waals surface area contributed by atoms with Gasteiger partial charge in [-0.25, -0.2) is 4.39 Å². The van der Waals surface area contributed by atoms with E-state index in [-0.39, 0.29) is 17.8 Å². The lowest BCUT2D eigenvalue weighted by Gasteiger charge is -2.40. The number of carbonyl (C=O) groups excluding carboxylic acids is 1. The molecule has 1 fully saturated rings. The summed E-state index contributed by atoms with van der Waals surface area (Å²) in [6.45, 7) is 3.90. The van der Waals surface area contributed by atoms with Gasteiger partial charge in [-0.3, -0.25) is 9.69 Å². The number of nitrogens with one attached hydrogen (secondary N) is 1. The lowest BCUT2D eigenvalue weighted by Crippen LogP contribution is -2.50. The van der Waals surface area contributed by atoms with Gasteiger partial charge in [0.1, 0.15) is 5.82 Å². The number of piperazine rings is 1. The average molecular weight is 497 g/mol. The second-order valence-corrected chi connectivity index (χ2v) is 9.74. The molecule has 1 aliphatic rings. The second-order valence-electron chi connectivity index (χ2n) is 9.74. The smallest absolute Gasteiger partial charge is 0.251 e. The molecule has 1 unspecified atom stereocenters. The van der Waals surface area contributed by atoms with Crippen LogP contribution < -0.4 is 15.1 Å². The van der Waals surface area contributed by atoms with Crippen LogP contribution in [0.3, 0.4) is 0 Å². The molecule has 5 rings (SSSR count). The van der Waals surface area contributed by atoms with Crippen molar-refractivity contribution in [2.45, 2.75) is 6.04 Å². The number of amides is 1. The Kier molecular flexibility index (Phi) is 7.37. The summed E-state index contributed by atoms with van der Waals surface area (Å²) in [5.41, 5.74) is 4.06. The SMILES string of the molecule is CN(C)c1ccc(C(CNC(=O)c2cccc3ccccc23)N2CCN(c3ccc(F)cc3)CC2)cc1. The third-order valence-electron chi connectivity index (χ3n) is 7.23. The third kappa shape index (κ3) is 5.59. The van der Waals surface area contributed by atoms with E-state index in [0.717, 1.165) is 48.3 Å². The van der Waals surface area contributed by atoms with Gasteiger partial charge in [-0.2, -0.15) is 0 Å². The summed E-state index contributed by atoms with van der Waals surface area (Å²) < 4.78 is 13.4. The Labute approximate surface area is 218 Å². The summed E-state index contributed by atoms with van der Waals surface area (Å²) in [6.07, 6.45) is 0. The fraction of sp³-hybridized carbons (Fsp3) is 0.258. The maximum Gasteiger partial charge on any atom is 0.251 e. The number of hydrogen-bond acceptors (Lipinski definition) is 4. The third-order valence-corrected chi connectivity index (χ3v) is 7.23. The maximum atomic E-state index is 13.4. The van der Waals surface area contributed by atoms with Crippen molar-refractivity contribution in [1.82, 2.24) is 10.2 Å². The fourth-order valence-corrected chi connectivity index (χ4v) is 5.10. The quantitative estimate of drug-likeness (QED) is 0.375. The highest BCUT2D eigenvalue weighted by molar-refractivity contribution is 6.07. The van der Waals surface area contributed by atoms with Crippen LogP contribution in [0.4, 0.5) is 15.8 Å². The van der Waals surface area contributed by atoms with Crippen LogP contribution in [0.5, 0.6) is 0 Å². The van der Waals surface area contributed by atoms with Crippen molar-refractivity contribution < 1.29 is 9.18 Å². The Balaban J connectivity index is 1.33. The molecule has 4 aromatic rings. The molecule has 1 aliphatic heterocycles. The van der Waals surface area contributed by atoms with Gasteiger partial charge >= 0.3 is 0 Å². The highest BCUT2D eigenvalue weighted by atomic mass is 19.1. The summed E-state index contributed by atoms with van der Waals surface area (Å²) in [5, 5.41) is 5.25. The maximum absolute atomic E-state index is 13.4. The Morgan fingerprint density at radius 1 is 0.865 bits per heavy atom. The summed E-state index contributed by atoms with van der Waals surface area (Å²) >= 11 is 0. The zero-order valence-corrected chi connectivity index (χ0v) is 21.4. The van der Waals surface area contributed by atoms with Gasteiger partial charge in [0.05, 0.1) is 6.04 Å². The Morgan fingerprint density at radius 2 is 1.54 bits per heavy atom. The van der Waals surface area contributed by atoms with Crippen molar-refractivity contribution in [2.24, 2.45) is 0 Å². The number of hydrogen-bond donors (Lipinski definition) is 1. The molecule has 4 aromatic carbocycles. The van der Waals surface area contributed by atoms with E-state index in [1.54, 1.807) is 0 Å². The van der Waals surface area contributed by atoms with Crippen molar-refractivity contribution in [3.8, 4) is 0 Å². The summed E-state index contributed by atoms with van der Waals surface area (Å²) in [6, 6.07) is 29.2. The number of anilines is 2. The zero-order valence-electron chi connectivity index (χ0n) is 21.4. The van der Waals surface area contributed by atoms with Crippen LogP contribution in [-0.2, 0) is 0 Å². The highest BCUT2D eigenvalue weighted by Crippen LogP contribution is 2.26. The minimum atomic E-state index is -0.217. The van der Waals surface area contributed by atoms with Gasteiger partial charge in [-0.1, -0.05) is 48.5 Å². The molecule has 37 heavy (non-hydrogen) atoms. The number of fused-ring (bicyclic) bond motifs is 1. The molecule has 1 saturated heterocycles. The molecular formula is C31H33FN4O. The molecule has 5 nitrogen and oxygen atoms in total. The molecule has 1 heterocycles. The van der Waals surface area contributed by atoms with Crippen molar-refractivity contribution in [1.29, 1.82) is 0 Å². The van der Waals surface area contributed by atoms with Gasteiger partial charge in [0, 0.05) is 63.8 Å². The number of nitrogens with zero attached hydrogens (tertiary/aromatic N) is 3. The van der Waals surface area contributed by atoms with Crippen LogP contribution in [0.2, 0.25) is 0 Å². The van der Waals surface area contributed by atoms with E-state index in [1.165, 1.54) is 17.7 Å². The first-order chi connectivity index (χ1) is 18.0. The van der Waals surface area contributed by atoms with Crippen LogP contribution in [0, 0.1) is 5.82 Å². The largest absolute Gasteiger partial charge is 0.378 e. The van der Waals surface area contributed by atoms with E-state index < -0.39 is 0 Å². The number of benzene rings is 4. The van der Waals surface area contributed by atoms with Crippen LogP contribution in [0.1, 0.15) is 22.0 Å². The molecular weight excluding hydrogens is 463 g/mol. The van der Waals surface area contributed by atoms with Crippen molar-refractivity contribution >= 4 is 28.1 Å².